The van der Waals surface area contributed by atoms with Crippen LogP contribution in [0.25, 0.3) is 0 Å². The molecule has 2 atom stereocenters. The fourth-order valence-electron chi connectivity index (χ4n) is 1.70. The minimum Gasteiger partial charge on any atom is -0.476 e. The number of hydrogen-bond donors (Lipinski definition) is 3. The number of rotatable bonds is 6. The van der Waals surface area contributed by atoms with E-state index in [4.69, 9.17) is 5.11 Å². The summed E-state index contributed by atoms with van der Waals surface area (Å²) in [7, 11) is 3.86. The lowest BCUT2D eigenvalue weighted by Gasteiger charge is -2.20. The lowest BCUT2D eigenvalue weighted by Crippen LogP contribution is -2.45. The van der Waals surface area contributed by atoms with Gasteiger partial charge in [-0.2, -0.15) is 0 Å². The Labute approximate surface area is 122 Å². The molecule has 2 unspecified atom stereocenters. The van der Waals surface area contributed by atoms with E-state index in [1.807, 2.05) is 25.9 Å². The molecule has 0 saturated heterocycles. The standard InChI is InChI=1S/C12H20N4O3S/c1-7(5-16(3)4)13-12(19)14-8(2)10-15-9(6-20-10)11(17)18/h6-8H,5H2,1-4H3,(H,17,18)(H2,13,14,19). The first-order valence-electron chi connectivity index (χ1n) is 6.20. The molecule has 0 bridgehead atoms. The molecule has 0 aromatic carbocycles. The number of aromatic nitrogens is 1. The second kappa shape index (κ2) is 7.20. The number of thiazole rings is 1. The Balaban J connectivity index is 2.50. The van der Waals surface area contributed by atoms with Crippen LogP contribution in [0.2, 0.25) is 0 Å². The van der Waals surface area contributed by atoms with E-state index in [0.717, 1.165) is 6.54 Å². The maximum Gasteiger partial charge on any atom is 0.355 e. The van der Waals surface area contributed by atoms with E-state index in [1.165, 1.54) is 16.7 Å². The summed E-state index contributed by atoms with van der Waals surface area (Å²) in [5.74, 6) is -1.07. The first kappa shape index (κ1) is 16.4. The summed E-state index contributed by atoms with van der Waals surface area (Å²) in [4.78, 5) is 28.5. The van der Waals surface area contributed by atoms with E-state index in [1.54, 1.807) is 6.92 Å². The summed E-state index contributed by atoms with van der Waals surface area (Å²) in [5.41, 5.74) is 0.0000315. The minimum absolute atomic E-state index is 0.0000315. The van der Waals surface area contributed by atoms with Crippen molar-refractivity contribution in [1.82, 2.24) is 20.5 Å². The third-order valence-corrected chi connectivity index (χ3v) is 3.50. The molecule has 0 saturated carbocycles. The largest absolute Gasteiger partial charge is 0.476 e. The first-order valence-corrected chi connectivity index (χ1v) is 7.08. The molecular formula is C12H20N4O3S. The highest BCUT2D eigenvalue weighted by atomic mass is 32.1. The zero-order valence-corrected chi connectivity index (χ0v) is 12.8. The highest BCUT2D eigenvalue weighted by Crippen LogP contribution is 2.17. The lowest BCUT2D eigenvalue weighted by molar-refractivity contribution is 0.0691. The van der Waals surface area contributed by atoms with Gasteiger partial charge in [-0.1, -0.05) is 0 Å². The van der Waals surface area contributed by atoms with Crippen molar-refractivity contribution in [3.63, 3.8) is 0 Å². The van der Waals surface area contributed by atoms with E-state index >= 15 is 0 Å². The van der Waals surface area contributed by atoms with Crippen molar-refractivity contribution < 1.29 is 14.7 Å². The number of carboxylic acid groups (broad SMARTS) is 1. The van der Waals surface area contributed by atoms with Crippen molar-refractivity contribution in [2.45, 2.75) is 25.9 Å². The van der Waals surface area contributed by atoms with Gasteiger partial charge in [0.25, 0.3) is 0 Å². The summed E-state index contributed by atoms with van der Waals surface area (Å²) in [6.07, 6.45) is 0. The Morgan fingerprint density at radius 3 is 2.55 bits per heavy atom. The molecule has 0 radical (unpaired) electrons. The molecule has 1 aromatic heterocycles. The molecule has 1 aromatic rings. The topological polar surface area (TPSA) is 94.6 Å². The van der Waals surface area contributed by atoms with Crippen molar-refractivity contribution in [2.75, 3.05) is 20.6 Å². The smallest absolute Gasteiger partial charge is 0.355 e. The number of urea groups is 1. The van der Waals surface area contributed by atoms with Gasteiger partial charge in [-0.15, -0.1) is 11.3 Å². The van der Waals surface area contributed by atoms with Gasteiger partial charge < -0.3 is 20.6 Å². The average molecular weight is 300 g/mol. The van der Waals surface area contributed by atoms with Crippen LogP contribution in [0.5, 0.6) is 0 Å². The molecule has 7 nitrogen and oxygen atoms in total. The molecule has 1 rings (SSSR count). The van der Waals surface area contributed by atoms with Gasteiger partial charge in [0.15, 0.2) is 5.69 Å². The van der Waals surface area contributed by atoms with E-state index in [0.29, 0.717) is 5.01 Å². The maximum absolute atomic E-state index is 11.8. The number of nitrogens with zero attached hydrogens (tertiary/aromatic N) is 2. The quantitative estimate of drug-likeness (QED) is 0.732. The molecule has 0 spiro atoms. The Kier molecular flexibility index (Phi) is 5.90. The van der Waals surface area contributed by atoms with E-state index < -0.39 is 5.97 Å². The van der Waals surface area contributed by atoms with Crippen LogP contribution in [0.3, 0.4) is 0 Å². The van der Waals surface area contributed by atoms with Crippen LogP contribution in [0.1, 0.15) is 35.4 Å². The Hall–Kier alpha value is -1.67. The van der Waals surface area contributed by atoms with Gasteiger partial charge >= 0.3 is 12.0 Å². The monoisotopic (exact) mass is 300 g/mol. The molecule has 20 heavy (non-hydrogen) atoms. The van der Waals surface area contributed by atoms with Crippen LogP contribution in [0.4, 0.5) is 4.79 Å². The van der Waals surface area contributed by atoms with Crippen LogP contribution in [-0.4, -0.2) is 53.7 Å². The second-order valence-corrected chi connectivity index (χ2v) is 5.77. The third kappa shape index (κ3) is 5.14. The van der Waals surface area contributed by atoms with E-state index in [2.05, 4.69) is 15.6 Å². The van der Waals surface area contributed by atoms with Gasteiger partial charge in [-0.25, -0.2) is 14.6 Å². The van der Waals surface area contributed by atoms with Gasteiger partial charge in [0.2, 0.25) is 0 Å². The van der Waals surface area contributed by atoms with Gasteiger partial charge in [-0.3, -0.25) is 0 Å². The summed E-state index contributed by atoms with van der Waals surface area (Å²) >= 11 is 1.21. The minimum atomic E-state index is -1.07. The van der Waals surface area contributed by atoms with Crippen LogP contribution < -0.4 is 10.6 Å². The van der Waals surface area contributed by atoms with Gasteiger partial charge in [0.1, 0.15) is 5.01 Å². The number of carbonyl (C=O) groups excluding carboxylic acids is 1. The maximum atomic E-state index is 11.8. The number of carbonyl (C=O) groups is 2. The fraction of sp³-hybridized carbons (Fsp3) is 0.583. The molecule has 8 heteroatoms. The van der Waals surface area contributed by atoms with Crippen molar-refractivity contribution >= 4 is 23.3 Å². The molecular weight excluding hydrogens is 280 g/mol. The van der Waals surface area contributed by atoms with Crippen LogP contribution in [0.15, 0.2) is 5.38 Å². The number of aromatic carboxylic acids is 1. The summed E-state index contributed by atoms with van der Waals surface area (Å²) in [6, 6.07) is -0.610. The Morgan fingerprint density at radius 2 is 2.05 bits per heavy atom. The number of amides is 2. The van der Waals surface area contributed by atoms with Gasteiger partial charge in [0.05, 0.1) is 6.04 Å². The van der Waals surface area contributed by atoms with Crippen molar-refractivity contribution in [3.8, 4) is 0 Å². The Bertz CT molecular complexity index is 475. The molecule has 2 amide bonds. The van der Waals surface area contributed by atoms with Crippen molar-refractivity contribution in [1.29, 1.82) is 0 Å². The van der Waals surface area contributed by atoms with Gasteiger partial charge in [-0.05, 0) is 27.9 Å². The number of carboxylic acids is 1. The molecule has 0 aliphatic carbocycles. The normalized spacial score (nSPS) is 13.8. The molecule has 112 valence electrons. The predicted molar refractivity (Wildman–Crippen MR) is 77.2 cm³/mol. The van der Waals surface area contributed by atoms with Crippen LogP contribution in [-0.2, 0) is 0 Å². The Morgan fingerprint density at radius 1 is 1.40 bits per heavy atom. The molecule has 0 aliphatic rings. The number of nitrogens with one attached hydrogen (secondary N) is 2. The molecule has 0 fully saturated rings. The second-order valence-electron chi connectivity index (χ2n) is 4.88. The molecule has 1 heterocycles. The third-order valence-electron chi connectivity index (χ3n) is 2.48. The highest BCUT2D eigenvalue weighted by molar-refractivity contribution is 7.09. The number of hydrogen-bond acceptors (Lipinski definition) is 5. The van der Waals surface area contributed by atoms with E-state index in [-0.39, 0.29) is 23.8 Å². The summed E-state index contributed by atoms with van der Waals surface area (Å²) in [6.45, 7) is 4.42. The first-order chi connectivity index (χ1) is 9.29. The summed E-state index contributed by atoms with van der Waals surface area (Å²) < 4.78 is 0. The number of likely N-dealkylation sites (N-methyl/N-ethyl adjacent to an activating group) is 1. The average Bonchev–Trinajstić information content (AvgIpc) is 2.76. The van der Waals surface area contributed by atoms with Crippen molar-refractivity contribution in [2.24, 2.45) is 0 Å². The zero-order chi connectivity index (χ0) is 15.3. The molecule has 0 aliphatic heterocycles. The van der Waals surface area contributed by atoms with Gasteiger partial charge in [0, 0.05) is 18.0 Å². The SMILES string of the molecule is CC(CN(C)C)NC(=O)NC(C)c1nc(C(=O)O)cs1. The lowest BCUT2D eigenvalue weighted by atomic mass is 10.3. The summed E-state index contributed by atoms with van der Waals surface area (Å²) in [5, 5.41) is 16.4. The molecule has 3 N–H and O–H groups in total. The predicted octanol–water partition coefficient (Wildman–Crippen LogP) is 1.15. The zero-order valence-electron chi connectivity index (χ0n) is 12.0. The van der Waals surface area contributed by atoms with Crippen LogP contribution >= 0.6 is 11.3 Å². The van der Waals surface area contributed by atoms with Crippen molar-refractivity contribution in [3.05, 3.63) is 16.1 Å². The van der Waals surface area contributed by atoms with E-state index in [9.17, 15) is 9.59 Å². The fourth-order valence-corrected chi connectivity index (χ4v) is 2.50. The highest BCUT2D eigenvalue weighted by Gasteiger charge is 2.16. The van der Waals surface area contributed by atoms with Crippen LogP contribution in [0, 0.1) is 0 Å².